The molecular formula is C21H22ClN3O4. The topological polar surface area (TPSA) is 88.7 Å². The monoisotopic (exact) mass is 415 g/mol. The molecule has 1 aliphatic heterocycles. The number of benzene rings is 2. The molecule has 3 rings (SSSR count). The van der Waals surface area contributed by atoms with Crippen LogP contribution >= 0.6 is 11.6 Å². The molecule has 29 heavy (non-hydrogen) atoms. The van der Waals surface area contributed by atoms with E-state index in [0.29, 0.717) is 39.0 Å². The summed E-state index contributed by atoms with van der Waals surface area (Å²) in [5, 5.41) is 8.86. The van der Waals surface area contributed by atoms with Crippen molar-refractivity contribution in [3.05, 3.63) is 63.8 Å². The largest absolute Gasteiger partial charge is 0.497 e. The molecule has 152 valence electrons. The molecule has 0 saturated carbocycles. The van der Waals surface area contributed by atoms with Gasteiger partial charge in [0.1, 0.15) is 11.5 Å². The molecule has 1 atom stereocenters. The quantitative estimate of drug-likeness (QED) is 0.690. The molecule has 0 radical (unpaired) electrons. The number of hydrogen-bond acceptors (Lipinski definition) is 4. The smallest absolute Gasteiger partial charge is 0.319 e. The normalized spacial score (nSPS) is 16.0. The molecule has 0 fully saturated rings. The fraction of sp³-hybridized carbons (Fsp3) is 0.238. The number of allylic oxidation sites excluding steroid dienone is 1. The lowest BCUT2D eigenvalue weighted by Crippen LogP contribution is -2.46. The number of rotatable bonds is 5. The number of aryl methyl sites for hydroxylation is 1. The van der Waals surface area contributed by atoms with E-state index in [2.05, 4.69) is 16.0 Å². The van der Waals surface area contributed by atoms with Crippen LogP contribution in [0.25, 0.3) is 0 Å². The number of nitrogens with one attached hydrogen (secondary N) is 3. The van der Waals surface area contributed by atoms with Crippen LogP contribution in [-0.4, -0.2) is 26.2 Å². The number of halogens is 1. The highest BCUT2D eigenvalue weighted by Crippen LogP contribution is 2.36. The summed E-state index contributed by atoms with van der Waals surface area (Å²) in [6.45, 7) is 3.55. The van der Waals surface area contributed by atoms with Gasteiger partial charge in [-0.3, -0.25) is 4.79 Å². The second-order valence-corrected chi connectivity index (χ2v) is 7.03. The minimum Gasteiger partial charge on any atom is -0.497 e. The van der Waals surface area contributed by atoms with E-state index in [-0.39, 0.29) is 5.91 Å². The van der Waals surface area contributed by atoms with Crippen LogP contribution < -0.4 is 25.4 Å². The van der Waals surface area contributed by atoms with E-state index in [1.807, 2.05) is 13.0 Å². The first-order valence-corrected chi connectivity index (χ1v) is 9.29. The SMILES string of the molecule is COc1ccc(OC)c([C@@H]2NC(=O)NC(C)=C2C(=O)Nc2cc(Cl)ccc2C)c1. The van der Waals surface area contributed by atoms with Crippen molar-refractivity contribution in [2.75, 3.05) is 19.5 Å². The van der Waals surface area contributed by atoms with Crippen LogP contribution in [0.1, 0.15) is 24.1 Å². The molecule has 1 heterocycles. The van der Waals surface area contributed by atoms with E-state index >= 15 is 0 Å². The molecule has 3 amide bonds. The van der Waals surface area contributed by atoms with Crippen molar-refractivity contribution in [3.8, 4) is 11.5 Å². The highest BCUT2D eigenvalue weighted by molar-refractivity contribution is 6.31. The van der Waals surface area contributed by atoms with Crippen molar-refractivity contribution in [2.45, 2.75) is 19.9 Å². The molecule has 0 aliphatic carbocycles. The predicted molar refractivity (Wildman–Crippen MR) is 111 cm³/mol. The number of ether oxygens (including phenoxy) is 2. The van der Waals surface area contributed by atoms with Crippen molar-refractivity contribution in [3.63, 3.8) is 0 Å². The zero-order valence-electron chi connectivity index (χ0n) is 16.6. The average Bonchev–Trinajstić information content (AvgIpc) is 2.69. The number of urea groups is 1. The van der Waals surface area contributed by atoms with Gasteiger partial charge in [0.15, 0.2) is 0 Å². The molecular weight excluding hydrogens is 394 g/mol. The summed E-state index contributed by atoms with van der Waals surface area (Å²) in [7, 11) is 3.07. The van der Waals surface area contributed by atoms with Crippen LogP contribution in [0.15, 0.2) is 47.7 Å². The third-order valence-corrected chi connectivity index (χ3v) is 4.94. The van der Waals surface area contributed by atoms with E-state index < -0.39 is 12.1 Å². The van der Waals surface area contributed by atoms with Crippen LogP contribution in [0.2, 0.25) is 5.02 Å². The third kappa shape index (κ3) is 4.30. The first-order chi connectivity index (χ1) is 13.8. The molecule has 0 bridgehead atoms. The van der Waals surface area contributed by atoms with Gasteiger partial charge in [0.05, 0.1) is 25.8 Å². The van der Waals surface area contributed by atoms with Crippen molar-refractivity contribution < 1.29 is 19.1 Å². The summed E-state index contributed by atoms with van der Waals surface area (Å²) in [5.41, 5.74) is 2.87. The Labute approximate surface area is 174 Å². The second kappa shape index (κ2) is 8.45. The van der Waals surface area contributed by atoms with Gasteiger partial charge >= 0.3 is 6.03 Å². The lowest BCUT2D eigenvalue weighted by atomic mass is 9.93. The Balaban J connectivity index is 2.05. The molecule has 3 N–H and O–H groups in total. The van der Waals surface area contributed by atoms with Crippen molar-refractivity contribution in [1.82, 2.24) is 10.6 Å². The van der Waals surface area contributed by atoms with Gasteiger partial charge in [0.25, 0.3) is 5.91 Å². The molecule has 0 spiro atoms. The number of carbonyl (C=O) groups excluding carboxylic acids is 2. The van der Waals surface area contributed by atoms with E-state index in [1.165, 1.54) is 7.11 Å². The highest BCUT2D eigenvalue weighted by Gasteiger charge is 2.33. The Hall–Kier alpha value is -3.19. The maximum atomic E-state index is 13.2. The van der Waals surface area contributed by atoms with Crippen LogP contribution in [0, 0.1) is 6.92 Å². The minimum atomic E-state index is -0.728. The summed E-state index contributed by atoms with van der Waals surface area (Å²) < 4.78 is 10.8. The van der Waals surface area contributed by atoms with Gasteiger partial charge in [0, 0.05) is 22.0 Å². The Morgan fingerprint density at radius 1 is 1.10 bits per heavy atom. The molecule has 2 aromatic carbocycles. The van der Waals surface area contributed by atoms with Crippen molar-refractivity contribution in [1.29, 1.82) is 0 Å². The van der Waals surface area contributed by atoms with Gasteiger partial charge in [0.2, 0.25) is 0 Å². The maximum Gasteiger partial charge on any atom is 0.319 e. The van der Waals surface area contributed by atoms with Gasteiger partial charge in [-0.1, -0.05) is 17.7 Å². The summed E-state index contributed by atoms with van der Waals surface area (Å²) >= 11 is 6.07. The average molecular weight is 416 g/mol. The Morgan fingerprint density at radius 3 is 2.55 bits per heavy atom. The number of hydrogen-bond donors (Lipinski definition) is 3. The van der Waals surface area contributed by atoms with Gasteiger partial charge < -0.3 is 25.4 Å². The molecule has 0 saturated heterocycles. The molecule has 0 unspecified atom stereocenters. The van der Waals surface area contributed by atoms with Gasteiger partial charge in [-0.2, -0.15) is 0 Å². The lowest BCUT2D eigenvalue weighted by molar-refractivity contribution is -0.113. The minimum absolute atomic E-state index is 0.357. The summed E-state index contributed by atoms with van der Waals surface area (Å²) in [6.07, 6.45) is 0. The van der Waals surface area contributed by atoms with Crippen molar-refractivity contribution in [2.24, 2.45) is 0 Å². The first kappa shape index (κ1) is 20.5. The molecule has 8 heteroatoms. The zero-order valence-corrected chi connectivity index (χ0v) is 17.3. The van der Waals surface area contributed by atoms with Gasteiger partial charge in [-0.25, -0.2) is 4.79 Å². The second-order valence-electron chi connectivity index (χ2n) is 6.59. The van der Waals surface area contributed by atoms with E-state index in [9.17, 15) is 9.59 Å². The number of methoxy groups -OCH3 is 2. The standard InChI is InChI=1S/C21H22ClN3O4/c1-11-5-6-13(22)9-16(11)24-20(26)18-12(2)23-21(27)25-19(18)15-10-14(28-3)7-8-17(15)29-4/h5-10,19H,1-4H3,(H,24,26)(H2,23,25,27)/t19-/m0/s1. The van der Waals surface area contributed by atoms with Crippen molar-refractivity contribution >= 4 is 29.2 Å². The fourth-order valence-electron chi connectivity index (χ4n) is 3.21. The highest BCUT2D eigenvalue weighted by atomic mass is 35.5. The maximum absolute atomic E-state index is 13.2. The Kier molecular flexibility index (Phi) is 5.98. The summed E-state index contributed by atoms with van der Waals surface area (Å²) in [5.74, 6) is 0.738. The van der Waals surface area contributed by atoms with E-state index in [1.54, 1.807) is 44.4 Å². The molecule has 2 aromatic rings. The Morgan fingerprint density at radius 2 is 1.86 bits per heavy atom. The van der Waals surface area contributed by atoms with Crippen LogP contribution in [0.5, 0.6) is 11.5 Å². The summed E-state index contributed by atoms with van der Waals surface area (Å²) in [4.78, 5) is 25.4. The van der Waals surface area contributed by atoms with Crippen LogP contribution in [0.4, 0.5) is 10.5 Å². The predicted octanol–water partition coefficient (Wildman–Crippen LogP) is 3.93. The molecule has 0 aromatic heterocycles. The van der Waals surface area contributed by atoms with E-state index in [4.69, 9.17) is 21.1 Å². The zero-order chi connectivity index (χ0) is 21.1. The van der Waals surface area contributed by atoms with E-state index in [0.717, 1.165) is 5.56 Å². The fourth-order valence-corrected chi connectivity index (χ4v) is 3.38. The molecule has 7 nitrogen and oxygen atoms in total. The van der Waals surface area contributed by atoms with Crippen LogP contribution in [-0.2, 0) is 4.79 Å². The number of anilines is 1. The number of amides is 3. The first-order valence-electron chi connectivity index (χ1n) is 8.91. The van der Waals surface area contributed by atoms with Gasteiger partial charge in [-0.15, -0.1) is 0 Å². The molecule has 1 aliphatic rings. The lowest BCUT2D eigenvalue weighted by Gasteiger charge is -2.30. The van der Waals surface area contributed by atoms with Gasteiger partial charge in [-0.05, 0) is 49.7 Å². The summed E-state index contributed by atoms with van der Waals surface area (Å²) in [6, 6.07) is 9.33. The Bertz CT molecular complexity index is 1000. The third-order valence-electron chi connectivity index (χ3n) is 4.71. The number of carbonyl (C=O) groups is 2. The van der Waals surface area contributed by atoms with Crippen LogP contribution in [0.3, 0.4) is 0 Å².